The second kappa shape index (κ2) is 9.70. The molecule has 0 amide bonds. The highest BCUT2D eigenvalue weighted by molar-refractivity contribution is 5.85. The van der Waals surface area contributed by atoms with Crippen molar-refractivity contribution in [3.8, 4) is 11.8 Å². The number of piperazine rings is 1. The van der Waals surface area contributed by atoms with E-state index in [-0.39, 0.29) is 36.6 Å². The van der Waals surface area contributed by atoms with Gasteiger partial charge in [0.1, 0.15) is 11.8 Å². The topological polar surface area (TPSA) is 59.3 Å². The quantitative estimate of drug-likeness (QED) is 0.825. The summed E-state index contributed by atoms with van der Waals surface area (Å²) in [5.74, 6) is 0.111. The van der Waals surface area contributed by atoms with Crippen molar-refractivity contribution >= 4 is 24.8 Å². The molecule has 0 unspecified atom stereocenters. The van der Waals surface area contributed by atoms with E-state index in [1.54, 1.807) is 6.07 Å². The van der Waals surface area contributed by atoms with Crippen molar-refractivity contribution in [1.82, 2.24) is 10.2 Å². The molecule has 0 aliphatic carbocycles. The number of aromatic hydroxyl groups is 1. The number of nitrogens with zero attached hydrogens (tertiary/aromatic N) is 2. The second-order valence-electron chi connectivity index (χ2n) is 5.32. The second-order valence-corrected chi connectivity index (χ2v) is 5.32. The Kier molecular flexibility index (Phi) is 9.15. The molecule has 1 atom stereocenters. The third kappa shape index (κ3) is 4.89. The number of nitriles is 1. The summed E-state index contributed by atoms with van der Waals surface area (Å²) in [5.41, 5.74) is 2.24. The summed E-state index contributed by atoms with van der Waals surface area (Å²) in [6.45, 7) is 9.78. The molecule has 0 radical (unpaired) electrons. The standard InChI is InChI=1S/C16H21N3O.2ClH/c1-12(2)10-15(19-8-6-18-7-9-19)14-5-3-4-13(11-17)16(14)20;;/h3-5,15,18,20H,1,6-10H2,2H3;2*1H/t15-;;/m1../s1. The number of hydrogen-bond donors (Lipinski definition) is 2. The zero-order chi connectivity index (χ0) is 14.5. The van der Waals surface area contributed by atoms with Gasteiger partial charge in [-0.15, -0.1) is 31.4 Å². The molecular formula is C16H23Cl2N3O. The zero-order valence-corrected chi connectivity index (χ0v) is 14.3. The van der Waals surface area contributed by atoms with Gasteiger partial charge in [0, 0.05) is 37.8 Å². The highest BCUT2D eigenvalue weighted by Gasteiger charge is 2.25. The van der Waals surface area contributed by atoms with Gasteiger partial charge in [-0.1, -0.05) is 17.7 Å². The third-order valence-electron chi connectivity index (χ3n) is 3.68. The molecule has 4 nitrogen and oxygen atoms in total. The smallest absolute Gasteiger partial charge is 0.138 e. The number of phenolic OH excluding ortho intramolecular Hbond substituents is 1. The van der Waals surface area contributed by atoms with Gasteiger partial charge >= 0.3 is 0 Å². The number of rotatable bonds is 4. The van der Waals surface area contributed by atoms with E-state index in [0.29, 0.717) is 5.56 Å². The zero-order valence-electron chi connectivity index (χ0n) is 12.7. The molecule has 2 N–H and O–H groups in total. The molecule has 1 aliphatic rings. The maximum Gasteiger partial charge on any atom is 0.138 e. The lowest BCUT2D eigenvalue weighted by Gasteiger charge is -2.35. The van der Waals surface area contributed by atoms with Gasteiger partial charge in [0.15, 0.2) is 0 Å². The van der Waals surface area contributed by atoms with Crippen LogP contribution in [-0.4, -0.2) is 36.2 Å². The van der Waals surface area contributed by atoms with Crippen LogP contribution < -0.4 is 5.32 Å². The molecule has 22 heavy (non-hydrogen) atoms. The van der Waals surface area contributed by atoms with Crippen molar-refractivity contribution in [2.45, 2.75) is 19.4 Å². The van der Waals surface area contributed by atoms with Gasteiger partial charge in [-0.05, 0) is 19.4 Å². The number of para-hydroxylation sites is 1. The summed E-state index contributed by atoms with van der Waals surface area (Å²) in [5, 5.41) is 22.7. The normalized spacial score (nSPS) is 15.8. The van der Waals surface area contributed by atoms with Gasteiger partial charge in [-0.25, -0.2) is 0 Å². The Hall–Kier alpha value is -1.25. The highest BCUT2D eigenvalue weighted by Crippen LogP contribution is 2.35. The maximum absolute atomic E-state index is 10.3. The first-order valence-corrected chi connectivity index (χ1v) is 6.94. The number of halogens is 2. The fourth-order valence-electron chi connectivity index (χ4n) is 2.68. The van der Waals surface area contributed by atoms with Crippen molar-refractivity contribution in [2.24, 2.45) is 0 Å². The summed E-state index contributed by atoms with van der Waals surface area (Å²) >= 11 is 0. The Labute approximate surface area is 144 Å². The molecule has 2 rings (SSSR count). The van der Waals surface area contributed by atoms with E-state index in [0.717, 1.165) is 43.7 Å². The van der Waals surface area contributed by atoms with Crippen LogP contribution in [-0.2, 0) is 0 Å². The fraction of sp³-hybridized carbons (Fsp3) is 0.438. The molecule has 0 saturated carbocycles. The Morgan fingerprint density at radius 3 is 2.59 bits per heavy atom. The SMILES string of the molecule is C=C(C)C[C@H](c1cccc(C#N)c1O)N1CCNCC1.Cl.Cl. The molecule has 1 saturated heterocycles. The molecule has 122 valence electrons. The monoisotopic (exact) mass is 343 g/mol. The summed E-state index contributed by atoms with van der Waals surface area (Å²) in [4.78, 5) is 2.35. The summed E-state index contributed by atoms with van der Waals surface area (Å²) in [6, 6.07) is 7.52. The average molecular weight is 344 g/mol. The van der Waals surface area contributed by atoms with Gasteiger partial charge in [-0.2, -0.15) is 5.26 Å². The van der Waals surface area contributed by atoms with Gasteiger partial charge in [-0.3, -0.25) is 4.90 Å². The van der Waals surface area contributed by atoms with Crippen LogP contribution in [0.15, 0.2) is 30.4 Å². The first-order chi connectivity index (χ1) is 9.63. The van der Waals surface area contributed by atoms with E-state index >= 15 is 0 Å². The van der Waals surface area contributed by atoms with E-state index in [9.17, 15) is 5.11 Å². The maximum atomic E-state index is 10.3. The first-order valence-electron chi connectivity index (χ1n) is 6.94. The van der Waals surface area contributed by atoms with Crippen LogP contribution in [0.3, 0.4) is 0 Å². The Morgan fingerprint density at radius 2 is 2.05 bits per heavy atom. The Bertz CT molecular complexity index is 537. The predicted octanol–water partition coefficient (Wildman–Crippen LogP) is 3.02. The van der Waals surface area contributed by atoms with Gasteiger partial charge in [0.25, 0.3) is 0 Å². The highest BCUT2D eigenvalue weighted by atomic mass is 35.5. The minimum absolute atomic E-state index is 0. The number of phenols is 1. The molecule has 1 heterocycles. The Balaban J connectivity index is 0.00000220. The number of hydrogen-bond acceptors (Lipinski definition) is 4. The molecule has 6 heteroatoms. The fourth-order valence-corrected chi connectivity index (χ4v) is 2.68. The van der Waals surface area contributed by atoms with Crippen LogP contribution in [0.4, 0.5) is 0 Å². The van der Waals surface area contributed by atoms with Gasteiger partial charge < -0.3 is 10.4 Å². The molecule has 0 aromatic heterocycles. The van der Waals surface area contributed by atoms with Crippen LogP contribution in [0.1, 0.15) is 30.5 Å². The largest absolute Gasteiger partial charge is 0.506 e. The Morgan fingerprint density at radius 1 is 1.41 bits per heavy atom. The van der Waals surface area contributed by atoms with Crippen LogP contribution in [0.2, 0.25) is 0 Å². The summed E-state index contributed by atoms with van der Waals surface area (Å²) < 4.78 is 0. The van der Waals surface area contributed by atoms with E-state index in [1.807, 2.05) is 25.1 Å². The lowest BCUT2D eigenvalue weighted by Crippen LogP contribution is -2.45. The van der Waals surface area contributed by atoms with Crippen molar-refractivity contribution < 1.29 is 5.11 Å². The van der Waals surface area contributed by atoms with Gasteiger partial charge in [0.05, 0.1) is 5.56 Å². The predicted molar refractivity (Wildman–Crippen MR) is 93.9 cm³/mol. The number of nitrogens with one attached hydrogen (secondary N) is 1. The molecular weight excluding hydrogens is 321 g/mol. The van der Waals surface area contributed by atoms with Crippen LogP contribution >= 0.6 is 24.8 Å². The number of benzene rings is 1. The molecule has 0 bridgehead atoms. The van der Waals surface area contributed by atoms with E-state index < -0.39 is 0 Å². The lowest BCUT2D eigenvalue weighted by molar-refractivity contribution is 0.170. The van der Waals surface area contributed by atoms with E-state index in [1.165, 1.54) is 0 Å². The van der Waals surface area contributed by atoms with Crippen molar-refractivity contribution in [3.05, 3.63) is 41.5 Å². The lowest BCUT2D eigenvalue weighted by atomic mass is 9.95. The molecule has 1 aromatic rings. The van der Waals surface area contributed by atoms with Crippen molar-refractivity contribution in [2.75, 3.05) is 26.2 Å². The van der Waals surface area contributed by atoms with Crippen molar-refractivity contribution in [1.29, 1.82) is 5.26 Å². The van der Waals surface area contributed by atoms with Crippen molar-refractivity contribution in [3.63, 3.8) is 0 Å². The minimum atomic E-state index is 0. The van der Waals surface area contributed by atoms with Crippen LogP contribution in [0, 0.1) is 11.3 Å². The van der Waals surface area contributed by atoms with Crippen LogP contribution in [0.25, 0.3) is 0 Å². The molecule has 1 aliphatic heterocycles. The molecule has 1 aromatic carbocycles. The summed E-state index contributed by atoms with van der Waals surface area (Å²) in [7, 11) is 0. The molecule has 0 spiro atoms. The minimum Gasteiger partial charge on any atom is -0.506 e. The van der Waals surface area contributed by atoms with Gasteiger partial charge in [0.2, 0.25) is 0 Å². The van der Waals surface area contributed by atoms with E-state index in [4.69, 9.17) is 5.26 Å². The average Bonchev–Trinajstić information content (AvgIpc) is 2.46. The van der Waals surface area contributed by atoms with E-state index in [2.05, 4.69) is 16.8 Å². The third-order valence-corrected chi connectivity index (χ3v) is 3.68. The summed E-state index contributed by atoms with van der Waals surface area (Å²) in [6.07, 6.45) is 0.794. The first kappa shape index (κ1) is 20.8. The molecule has 1 fully saturated rings. The van der Waals surface area contributed by atoms with Crippen LogP contribution in [0.5, 0.6) is 5.75 Å².